The van der Waals surface area contributed by atoms with Gasteiger partial charge in [-0.1, -0.05) is 182 Å². The summed E-state index contributed by atoms with van der Waals surface area (Å²) in [6.07, 6.45) is 12.1. The second-order valence-corrected chi connectivity index (χ2v) is 17.0. The van der Waals surface area contributed by atoms with Crippen LogP contribution in [-0.4, -0.2) is 0 Å². The van der Waals surface area contributed by atoms with Crippen LogP contribution < -0.4 is 9.80 Å². The second kappa shape index (κ2) is 15.1. The lowest BCUT2D eigenvalue weighted by atomic mass is 9.87. The largest absolute Gasteiger partial charge is 0.310 e. The Morgan fingerprint density at radius 2 is 0.677 bits per heavy atom. The lowest BCUT2D eigenvalue weighted by molar-refractivity contribution is 1.22. The Labute approximate surface area is 378 Å². The van der Waals surface area contributed by atoms with Crippen LogP contribution in [0.3, 0.4) is 0 Å². The number of hydrogen-bond donors (Lipinski definition) is 0. The number of allylic oxidation sites excluding steroid dienone is 5. The van der Waals surface area contributed by atoms with Crippen LogP contribution in [0.25, 0.3) is 86.9 Å². The number of benzene rings is 10. The molecule has 0 radical (unpaired) electrons. The highest BCUT2D eigenvalue weighted by Crippen LogP contribution is 2.57. The number of hydrogen-bond acceptors (Lipinski definition) is 2. The van der Waals surface area contributed by atoms with E-state index in [1.54, 1.807) is 0 Å². The van der Waals surface area contributed by atoms with Crippen molar-refractivity contribution in [3.8, 4) is 22.3 Å². The van der Waals surface area contributed by atoms with E-state index in [9.17, 15) is 0 Å². The van der Waals surface area contributed by atoms with Gasteiger partial charge in [0.25, 0.3) is 0 Å². The smallest absolute Gasteiger partial charge is 0.0540 e. The third-order valence-electron chi connectivity index (χ3n) is 13.5. The molecule has 0 saturated heterocycles. The minimum atomic E-state index is 0.910. The number of para-hydroxylation sites is 3. The molecule has 0 spiro atoms. The van der Waals surface area contributed by atoms with E-state index in [1.165, 1.54) is 86.9 Å². The standard InChI is InChI=1S/C63H42N2/c1-2-13-27-44(26-12-1)64(45-28-14-5-15-29-45)54-40-38-52-58-48(54)34-20-36-50(58)60-56(42-22-8-3-9-23-42)63-53-39-41-55(65(46-30-16-6-17-31-46)47-32-18-7-19-33-47)49-35-21-37-51(59(49)53)61(63)57(62(52)60)43-24-10-4-11-25-43/h1,3-41H,2H2. The Balaban J connectivity index is 1.20. The first-order valence-corrected chi connectivity index (χ1v) is 22.6. The lowest BCUT2D eigenvalue weighted by Gasteiger charge is -2.27. The molecule has 0 atom stereocenters. The van der Waals surface area contributed by atoms with Crippen LogP contribution in [-0.2, 0) is 0 Å². The SMILES string of the molecule is C1=CCC=CC(N(c2ccccc2)c2ccc3c4c(-c5ccccc5)c5c6cccc7c(N(c8ccccc8)c8ccccc8)ccc(c5c(-c5ccccc5)c4c4cccc2c34)c76)=C1. The van der Waals surface area contributed by atoms with Gasteiger partial charge in [-0.2, -0.15) is 0 Å². The molecule has 0 bridgehead atoms. The highest BCUT2D eigenvalue weighted by atomic mass is 15.2. The predicted molar refractivity (Wildman–Crippen MR) is 279 cm³/mol. The number of anilines is 5. The molecule has 0 aliphatic heterocycles. The van der Waals surface area contributed by atoms with Crippen molar-refractivity contribution >= 4 is 93.1 Å². The highest BCUT2D eigenvalue weighted by molar-refractivity contribution is 6.47. The Hall–Kier alpha value is -8.46. The second-order valence-electron chi connectivity index (χ2n) is 17.0. The molecule has 0 fully saturated rings. The molecule has 0 amide bonds. The average molecular weight is 827 g/mol. The van der Waals surface area contributed by atoms with Crippen molar-refractivity contribution in [3.05, 3.63) is 248 Å². The van der Waals surface area contributed by atoms with Crippen molar-refractivity contribution in [2.24, 2.45) is 0 Å². The molecule has 12 aromatic rings. The molecular weight excluding hydrogens is 785 g/mol. The van der Waals surface area contributed by atoms with Gasteiger partial charge < -0.3 is 9.80 Å². The first-order chi connectivity index (χ1) is 32.3. The van der Waals surface area contributed by atoms with E-state index in [0.717, 1.165) is 40.6 Å². The zero-order valence-corrected chi connectivity index (χ0v) is 35.7. The molecule has 12 aromatic carbocycles. The highest BCUT2D eigenvalue weighted by Gasteiger charge is 2.29. The summed E-state index contributed by atoms with van der Waals surface area (Å²) in [6, 6.07) is 78.1. The van der Waals surface area contributed by atoms with Gasteiger partial charge in [0.2, 0.25) is 0 Å². The van der Waals surface area contributed by atoms with Crippen molar-refractivity contribution in [1.29, 1.82) is 0 Å². The van der Waals surface area contributed by atoms with E-state index in [0.29, 0.717) is 0 Å². The summed E-state index contributed by atoms with van der Waals surface area (Å²) in [6.45, 7) is 0. The van der Waals surface area contributed by atoms with Crippen LogP contribution in [0, 0.1) is 0 Å². The zero-order chi connectivity index (χ0) is 42.8. The van der Waals surface area contributed by atoms with Crippen LogP contribution in [0.15, 0.2) is 248 Å². The molecule has 1 aliphatic carbocycles. The molecule has 0 saturated carbocycles. The normalized spacial score (nSPS) is 12.8. The van der Waals surface area contributed by atoms with Crippen LogP contribution in [0.4, 0.5) is 28.4 Å². The molecule has 1 aliphatic rings. The van der Waals surface area contributed by atoms with E-state index >= 15 is 0 Å². The van der Waals surface area contributed by atoms with Crippen molar-refractivity contribution < 1.29 is 0 Å². The Kier molecular flexibility index (Phi) is 8.63. The molecule has 2 nitrogen and oxygen atoms in total. The Morgan fingerprint density at radius 1 is 0.292 bits per heavy atom. The summed E-state index contributed by atoms with van der Waals surface area (Å²) >= 11 is 0. The van der Waals surface area contributed by atoms with E-state index < -0.39 is 0 Å². The minimum Gasteiger partial charge on any atom is -0.310 e. The van der Waals surface area contributed by atoms with Crippen molar-refractivity contribution in [2.45, 2.75) is 6.42 Å². The molecular formula is C63H42N2. The van der Waals surface area contributed by atoms with Crippen molar-refractivity contribution in [3.63, 3.8) is 0 Å². The molecule has 65 heavy (non-hydrogen) atoms. The molecule has 304 valence electrons. The fourth-order valence-corrected chi connectivity index (χ4v) is 10.9. The fourth-order valence-electron chi connectivity index (χ4n) is 10.9. The van der Waals surface area contributed by atoms with E-state index in [2.05, 4.69) is 253 Å². The van der Waals surface area contributed by atoms with Gasteiger partial charge in [0, 0.05) is 33.5 Å². The maximum absolute atomic E-state index is 2.43. The molecule has 0 heterocycles. The van der Waals surface area contributed by atoms with Crippen LogP contribution >= 0.6 is 0 Å². The van der Waals surface area contributed by atoms with Crippen LogP contribution in [0.2, 0.25) is 0 Å². The van der Waals surface area contributed by atoms with Gasteiger partial charge >= 0.3 is 0 Å². The van der Waals surface area contributed by atoms with Gasteiger partial charge in [-0.05, 0) is 143 Å². The first kappa shape index (κ1) is 37.1. The van der Waals surface area contributed by atoms with Crippen molar-refractivity contribution in [1.82, 2.24) is 0 Å². The van der Waals surface area contributed by atoms with E-state index in [4.69, 9.17) is 0 Å². The van der Waals surface area contributed by atoms with Crippen molar-refractivity contribution in [2.75, 3.05) is 9.80 Å². The van der Waals surface area contributed by atoms with Gasteiger partial charge in [0.15, 0.2) is 0 Å². The van der Waals surface area contributed by atoms with Crippen LogP contribution in [0.5, 0.6) is 0 Å². The maximum atomic E-state index is 2.43. The summed E-state index contributed by atoms with van der Waals surface area (Å²) in [4.78, 5) is 4.84. The average Bonchev–Trinajstić information content (AvgIpc) is 3.73. The molecule has 2 heteroatoms. The third-order valence-corrected chi connectivity index (χ3v) is 13.5. The molecule has 13 rings (SSSR count). The summed E-state index contributed by atoms with van der Waals surface area (Å²) in [5, 5.41) is 15.3. The Morgan fingerprint density at radius 3 is 1.14 bits per heavy atom. The first-order valence-electron chi connectivity index (χ1n) is 22.6. The number of fused-ring (bicyclic) bond motifs is 6. The summed E-state index contributed by atoms with van der Waals surface area (Å²) in [7, 11) is 0. The topological polar surface area (TPSA) is 6.48 Å². The van der Waals surface area contributed by atoms with Gasteiger partial charge in [-0.25, -0.2) is 0 Å². The lowest BCUT2D eigenvalue weighted by Crippen LogP contribution is -2.15. The van der Waals surface area contributed by atoms with Gasteiger partial charge in [-0.15, -0.1) is 0 Å². The molecule has 0 N–H and O–H groups in total. The predicted octanol–water partition coefficient (Wildman–Crippen LogP) is 17.8. The summed E-state index contributed by atoms with van der Waals surface area (Å²) in [5.74, 6) is 0. The monoisotopic (exact) mass is 826 g/mol. The molecule has 0 aromatic heterocycles. The van der Waals surface area contributed by atoms with Gasteiger partial charge in [0.1, 0.15) is 0 Å². The number of nitrogens with zero attached hydrogens (tertiary/aromatic N) is 2. The quantitative estimate of drug-likeness (QED) is 0.151. The van der Waals surface area contributed by atoms with Crippen LogP contribution in [0.1, 0.15) is 6.42 Å². The summed E-state index contributed by atoms with van der Waals surface area (Å²) in [5.41, 5.74) is 11.8. The summed E-state index contributed by atoms with van der Waals surface area (Å²) < 4.78 is 0. The zero-order valence-electron chi connectivity index (χ0n) is 35.7. The fraction of sp³-hybridized carbons (Fsp3) is 0.0159. The maximum Gasteiger partial charge on any atom is 0.0540 e. The van der Waals surface area contributed by atoms with Gasteiger partial charge in [-0.3, -0.25) is 0 Å². The Bertz CT molecular complexity index is 3680. The number of rotatable bonds is 8. The third kappa shape index (κ3) is 5.74. The molecule has 0 unspecified atom stereocenters. The van der Waals surface area contributed by atoms with E-state index in [1.807, 2.05) is 0 Å². The minimum absolute atomic E-state index is 0.910. The van der Waals surface area contributed by atoms with Gasteiger partial charge in [0.05, 0.1) is 11.4 Å². The van der Waals surface area contributed by atoms with E-state index in [-0.39, 0.29) is 0 Å².